The van der Waals surface area contributed by atoms with E-state index in [2.05, 4.69) is 10.3 Å². The molecule has 7 nitrogen and oxygen atoms in total. The number of hydrogen-bond acceptors (Lipinski definition) is 4. The van der Waals surface area contributed by atoms with E-state index < -0.39 is 10.0 Å². The van der Waals surface area contributed by atoms with Gasteiger partial charge in [-0.1, -0.05) is 18.2 Å². The standard InChI is InChI=1S/C20H26N4O3S/c1-4-24(15(2)16-8-6-11-21-13-16)20(25)22-19-9-5-7-17-14-23(28(3,26)27)12-10-18(17)19/h5-9,11,13,15H,4,10,12,14H2,1-3H3,(H,22,25). The summed E-state index contributed by atoms with van der Waals surface area (Å²) in [5.41, 5.74) is 3.64. The lowest BCUT2D eigenvalue weighted by Gasteiger charge is -2.31. The Morgan fingerprint density at radius 3 is 2.75 bits per heavy atom. The predicted octanol–water partition coefficient (Wildman–Crippen LogP) is 3.01. The van der Waals surface area contributed by atoms with Gasteiger partial charge in [-0.2, -0.15) is 4.31 Å². The van der Waals surface area contributed by atoms with Crippen molar-refractivity contribution in [3.63, 3.8) is 0 Å². The Labute approximate surface area is 166 Å². The fourth-order valence-electron chi connectivity index (χ4n) is 3.57. The summed E-state index contributed by atoms with van der Waals surface area (Å²) in [4.78, 5) is 18.8. The van der Waals surface area contributed by atoms with Crippen LogP contribution in [0.2, 0.25) is 0 Å². The molecule has 150 valence electrons. The van der Waals surface area contributed by atoms with Crippen molar-refractivity contribution < 1.29 is 13.2 Å². The lowest BCUT2D eigenvalue weighted by Crippen LogP contribution is -2.38. The average Bonchev–Trinajstić information content (AvgIpc) is 2.68. The summed E-state index contributed by atoms with van der Waals surface area (Å²) in [7, 11) is -3.23. The molecule has 1 aromatic carbocycles. The Morgan fingerprint density at radius 2 is 2.11 bits per heavy atom. The Hall–Kier alpha value is -2.45. The predicted molar refractivity (Wildman–Crippen MR) is 109 cm³/mol. The van der Waals surface area contributed by atoms with Gasteiger partial charge in [-0.3, -0.25) is 4.98 Å². The molecule has 0 spiro atoms. The number of carbonyl (C=O) groups is 1. The van der Waals surface area contributed by atoms with E-state index in [0.29, 0.717) is 26.1 Å². The number of nitrogens with zero attached hydrogens (tertiary/aromatic N) is 3. The van der Waals surface area contributed by atoms with Crippen molar-refractivity contribution in [1.82, 2.24) is 14.2 Å². The minimum atomic E-state index is -3.23. The van der Waals surface area contributed by atoms with Gasteiger partial charge in [0.15, 0.2) is 0 Å². The maximum absolute atomic E-state index is 13.0. The molecule has 0 saturated carbocycles. The minimum Gasteiger partial charge on any atom is -0.318 e. The number of fused-ring (bicyclic) bond motifs is 1. The van der Waals surface area contributed by atoms with Gasteiger partial charge in [0.2, 0.25) is 10.0 Å². The number of nitrogens with one attached hydrogen (secondary N) is 1. The molecule has 2 aromatic rings. The van der Waals surface area contributed by atoms with Gasteiger partial charge in [-0.05, 0) is 49.1 Å². The number of hydrogen-bond donors (Lipinski definition) is 1. The second-order valence-corrected chi connectivity index (χ2v) is 8.95. The van der Waals surface area contributed by atoms with Gasteiger partial charge in [0, 0.05) is 37.7 Å². The first-order chi connectivity index (χ1) is 13.3. The van der Waals surface area contributed by atoms with Crippen LogP contribution in [0.5, 0.6) is 0 Å². The quantitative estimate of drug-likeness (QED) is 0.833. The zero-order chi connectivity index (χ0) is 20.3. The number of carbonyl (C=O) groups excluding carboxylic acids is 1. The number of benzene rings is 1. The molecule has 1 aliphatic rings. The Morgan fingerprint density at radius 1 is 1.32 bits per heavy atom. The van der Waals surface area contributed by atoms with E-state index in [0.717, 1.165) is 22.4 Å². The summed E-state index contributed by atoms with van der Waals surface area (Å²) in [5.74, 6) is 0. The highest BCUT2D eigenvalue weighted by Crippen LogP contribution is 2.28. The van der Waals surface area contributed by atoms with Crippen molar-refractivity contribution in [2.45, 2.75) is 32.9 Å². The van der Waals surface area contributed by atoms with E-state index in [-0.39, 0.29) is 12.1 Å². The highest BCUT2D eigenvalue weighted by Gasteiger charge is 2.26. The van der Waals surface area contributed by atoms with E-state index in [1.807, 2.05) is 44.2 Å². The van der Waals surface area contributed by atoms with Gasteiger partial charge in [0.05, 0.1) is 12.3 Å². The summed E-state index contributed by atoms with van der Waals surface area (Å²) in [6, 6.07) is 9.15. The van der Waals surface area contributed by atoms with E-state index in [1.54, 1.807) is 17.3 Å². The molecule has 0 saturated heterocycles. The van der Waals surface area contributed by atoms with Crippen LogP contribution in [0.25, 0.3) is 0 Å². The van der Waals surface area contributed by atoms with Gasteiger partial charge in [0.1, 0.15) is 0 Å². The molecule has 1 unspecified atom stereocenters. The third kappa shape index (κ3) is 4.34. The fourth-order valence-corrected chi connectivity index (χ4v) is 4.36. The largest absolute Gasteiger partial charge is 0.322 e. The number of aromatic nitrogens is 1. The molecule has 0 fully saturated rings. The molecule has 3 rings (SSSR count). The molecule has 2 heterocycles. The second kappa shape index (κ2) is 8.28. The molecule has 0 bridgehead atoms. The van der Waals surface area contributed by atoms with Crippen LogP contribution < -0.4 is 5.32 Å². The van der Waals surface area contributed by atoms with Crippen LogP contribution in [0.4, 0.5) is 10.5 Å². The van der Waals surface area contributed by atoms with Crippen molar-refractivity contribution in [1.29, 1.82) is 0 Å². The summed E-state index contributed by atoms with van der Waals surface area (Å²) < 4.78 is 25.1. The van der Waals surface area contributed by atoms with Crippen molar-refractivity contribution in [2.24, 2.45) is 0 Å². The highest BCUT2D eigenvalue weighted by molar-refractivity contribution is 7.88. The molecule has 1 aromatic heterocycles. The number of rotatable bonds is 5. The minimum absolute atomic E-state index is 0.112. The summed E-state index contributed by atoms with van der Waals surface area (Å²) in [5, 5.41) is 3.02. The SMILES string of the molecule is CCN(C(=O)Nc1cccc2c1CCN(S(C)(=O)=O)C2)C(C)c1cccnc1. The first-order valence-corrected chi connectivity index (χ1v) is 11.2. The molecule has 2 amide bonds. The molecular weight excluding hydrogens is 376 g/mol. The Bertz CT molecular complexity index is 947. The lowest BCUT2D eigenvalue weighted by molar-refractivity contribution is 0.197. The maximum atomic E-state index is 13.0. The van der Waals surface area contributed by atoms with E-state index in [9.17, 15) is 13.2 Å². The number of sulfonamides is 1. The Balaban J connectivity index is 1.79. The lowest BCUT2D eigenvalue weighted by atomic mass is 9.99. The zero-order valence-electron chi connectivity index (χ0n) is 16.4. The number of pyridine rings is 1. The topological polar surface area (TPSA) is 82.6 Å². The van der Waals surface area contributed by atoms with Crippen molar-refractivity contribution >= 4 is 21.7 Å². The van der Waals surface area contributed by atoms with Crippen molar-refractivity contribution in [2.75, 3.05) is 24.7 Å². The molecule has 0 radical (unpaired) electrons. The molecule has 0 aliphatic carbocycles. The second-order valence-electron chi connectivity index (χ2n) is 6.97. The van der Waals surface area contributed by atoms with Gasteiger partial charge in [-0.15, -0.1) is 0 Å². The van der Waals surface area contributed by atoms with Crippen molar-refractivity contribution in [3.05, 3.63) is 59.4 Å². The highest BCUT2D eigenvalue weighted by atomic mass is 32.2. The van der Waals surface area contributed by atoms with Crippen LogP contribution in [0.15, 0.2) is 42.7 Å². The summed E-state index contributed by atoms with van der Waals surface area (Å²) in [6.07, 6.45) is 5.28. The normalized spacial score (nSPS) is 15.5. The van der Waals surface area contributed by atoms with E-state index in [1.165, 1.54) is 10.6 Å². The van der Waals surface area contributed by atoms with Gasteiger partial charge in [0.25, 0.3) is 0 Å². The van der Waals surface area contributed by atoms with Crippen LogP contribution in [-0.4, -0.2) is 48.0 Å². The molecule has 1 N–H and O–H groups in total. The average molecular weight is 403 g/mol. The molecule has 1 aliphatic heterocycles. The smallest absolute Gasteiger partial charge is 0.318 e. The van der Waals surface area contributed by atoms with Crippen LogP contribution in [-0.2, 0) is 23.0 Å². The summed E-state index contributed by atoms with van der Waals surface area (Å²) in [6.45, 7) is 5.23. The number of amides is 2. The first kappa shape index (κ1) is 20.3. The van der Waals surface area contributed by atoms with E-state index >= 15 is 0 Å². The zero-order valence-corrected chi connectivity index (χ0v) is 17.2. The summed E-state index contributed by atoms with van der Waals surface area (Å²) >= 11 is 0. The van der Waals surface area contributed by atoms with Crippen LogP contribution >= 0.6 is 0 Å². The molecule has 28 heavy (non-hydrogen) atoms. The fraction of sp³-hybridized carbons (Fsp3) is 0.400. The number of anilines is 1. The van der Waals surface area contributed by atoms with Gasteiger partial charge >= 0.3 is 6.03 Å². The molecule has 8 heteroatoms. The number of urea groups is 1. The van der Waals surface area contributed by atoms with Crippen LogP contribution in [0.3, 0.4) is 0 Å². The van der Waals surface area contributed by atoms with Crippen molar-refractivity contribution in [3.8, 4) is 0 Å². The van der Waals surface area contributed by atoms with Gasteiger partial charge < -0.3 is 10.2 Å². The van der Waals surface area contributed by atoms with Gasteiger partial charge in [-0.25, -0.2) is 13.2 Å². The first-order valence-electron chi connectivity index (χ1n) is 9.34. The molecular formula is C20H26N4O3S. The third-order valence-corrected chi connectivity index (χ3v) is 6.43. The monoisotopic (exact) mass is 402 g/mol. The van der Waals surface area contributed by atoms with Crippen LogP contribution in [0, 0.1) is 0 Å². The molecule has 1 atom stereocenters. The third-order valence-electron chi connectivity index (χ3n) is 5.18. The van der Waals surface area contributed by atoms with Crippen LogP contribution in [0.1, 0.15) is 36.6 Å². The Kier molecular flexibility index (Phi) is 6.00. The van der Waals surface area contributed by atoms with E-state index in [4.69, 9.17) is 0 Å². The maximum Gasteiger partial charge on any atom is 0.322 e.